The first-order valence-electron chi connectivity index (χ1n) is 9.76. The van der Waals surface area contributed by atoms with Crippen LogP contribution >= 0.6 is 0 Å². The zero-order chi connectivity index (χ0) is 19.8. The maximum Gasteiger partial charge on any atom is 0.119 e. The van der Waals surface area contributed by atoms with Crippen LogP contribution in [0.2, 0.25) is 0 Å². The average Bonchev–Trinajstić information content (AvgIpc) is 2.75. The first kappa shape index (κ1) is 19.9. The standard InChI is InChI=1S/C26H28O2/c1-4-21-15-16-26(27-3)19-25(21)11-6-5-9-17-28-20(2)23-14-13-22-10-7-8-12-24(22)18-23/h4-5,7-10,12-16,18-20H,1,6,11,17H2,2-3H3/b9-5+/t20-/m0/s1. The van der Waals surface area contributed by atoms with Crippen molar-refractivity contribution in [2.75, 3.05) is 13.7 Å². The quantitative estimate of drug-likeness (QED) is 0.386. The molecule has 0 saturated heterocycles. The third kappa shape index (κ3) is 5.11. The van der Waals surface area contributed by atoms with Crippen molar-refractivity contribution < 1.29 is 9.47 Å². The molecule has 0 spiro atoms. The topological polar surface area (TPSA) is 18.5 Å². The fraction of sp³-hybridized carbons (Fsp3) is 0.231. The van der Waals surface area contributed by atoms with Gasteiger partial charge >= 0.3 is 0 Å². The average molecular weight is 373 g/mol. The molecule has 0 saturated carbocycles. The molecule has 1 atom stereocenters. The van der Waals surface area contributed by atoms with Crippen molar-refractivity contribution in [3.05, 3.63) is 96.1 Å². The Kier molecular flexibility index (Phi) is 7.05. The van der Waals surface area contributed by atoms with E-state index in [1.807, 2.05) is 12.1 Å². The third-order valence-electron chi connectivity index (χ3n) is 5.00. The largest absolute Gasteiger partial charge is 0.497 e. The molecule has 3 aromatic rings. The molecule has 3 rings (SSSR count). The normalized spacial score (nSPS) is 12.4. The van der Waals surface area contributed by atoms with Gasteiger partial charge in [-0.25, -0.2) is 0 Å². The lowest BCUT2D eigenvalue weighted by molar-refractivity contribution is 0.0886. The number of fused-ring (bicyclic) bond motifs is 1. The molecule has 0 unspecified atom stereocenters. The Bertz CT molecular complexity index is 956. The Morgan fingerprint density at radius 1 is 0.964 bits per heavy atom. The van der Waals surface area contributed by atoms with Gasteiger partial charge in [0.2, 0.25) is 0 Å². The number of rotatable bonds is 9. The van der Waals surface area contributed by atoms with E-state index in [0.717, 1.165) is 24.2 Å². The summed E-state index contributed by atoms with van der Waals surface area (Å²) in [5, 5.41) is 2.51. The molecule has 0 N–H and O–H groups in total. The van der Waals surface area contributed by atoms with Crippen LogP contribution in [0.3, 0.4) is 0 Å². The minimum Gasteiger partial charge on any atom is -0.497 e. The van der Waals surface area contributed by atoms with Gasteiger partial charge in [0.05, 0.1) is 19.8 Å². The summed E-state index contributed by atoms with van der Waals surface area (Å²) in [5.41, 5.74) is 3.62. The van der Waals surface area contributed by atoms with Crippen molar-refractivity contribution in [2.45, 2.75) is 25.9 Å². The fourth-order valence-corrected chi connectivity index (χ4v) is 3.31. The number of aryl methyl sites for hydroxylation is 1. The minimum absolute atomic E-state index is 0.0695. The maximum absolute atomic E-state index is 5.99. The molecule has 0 fully saturated rings. The van der Waals surface area contributed by atoms with Crippen molar-refractivity contribution >= 4 is 16.8 Å². The monoisotopic (exact) mass is 372 g/mol. The zero-order valence-corrected chi connectivity index (χ0v) is 16.7. The Morgan fingerprint density at radius 3 is 2.57 bits per heavy atom. The summed E-state index contributed by atoms with van der Waals surface area (Å²) in [4.78, 5) is 0. The summed E-state index contributed by atoms with van der Waals surface area (Å²) >= 11 is 0. The molecule has 0 heterocycles. The number of allylic oxidation sites excluding steroid dienone is 1. The van der Waals surface area contributed by atoms with Gasteiger partial charge in [-0.2, -0.15) is 0 Å². The molecular formula is C26H28O2. The van der Waals surface area contributed by atoms with Crippen molar-refractivity contribution in [1.82, 2.24) is 0 Å². The number of hydrogen-bond donors (Lipinski definition) is 0. The number of hydrogen-bond acceptors (Lipinski definition) is 2. The van der Waals surface area contributed by atoms with Gasteiger partial charge in [-0.3, -0.25) is 0 Å². The molecular weight excluding hydrogens is 344 g/mol. The third-order valence-corrected chi connectivity index (χ3v) is 5.00. The van der Waals surface area contributed by atoms with Gasteiger partial charge in [0.1, 0.15) is 5.75 Å². The summed E-state index contributed by atoms with van der Waals surface area (Å²) in [7, 11) is 1.70. The lowest BCUT2D eigenvalue weighted by Crippen LogP contribution is -2.00. The molecule has 2 heteroatoms. The van der Waals surface area contributed by atoms with Crippen LogP contribution in [0.5, 0.6) is 5.75 Å². The Morgan fingerprint density at radius 2 is 1.79 bits per heavy atom. The summed E-state index contributed by atoms with van der Waals surface area (Å²) in [6.07, 6.45) is 8.16. The van der Waals surface area contributed by atoms with Gasteiger partial charge < -0.3 is 9.47 Å². The van der Waals surface area contributed by atoms with Crippen molar-refractivity contribution in [3.8, 4) is 5.75 Å². The van der Waals surface area contributed by atoms with Crippen LogP contribution < -0.4 is 4.74 Å². The van der Waals surface area contributed by atoms with Crippen molar-refractivity contribution in [1.29, 1.82) is 0 Å². The predicted octanol–water partition coefficient (Wildman–Crippen LogP) is 6.76. The van der Waals surface area contributed by atoms with E-state index >= 15 is 0 Å². The molecule has 144 valence electrons. The van der Waals surface area contributed by atoms with E-state index in [1.54, 1.807) is 7.11 Å². The molecule has 0 aromatic heterocycles. The van der Waals surface area contributed by atoms with Gasteiger partial charge in [0.25, 0.3) is 0 Å². The van der Waals surface area contributed by atoms with E-state index in [4.69, 9.17) is 9.47 Å². The number of ether oxygens (including phenoxy) is 2. The van der Waals surface area contributed by atoms with Crippen molar-refractivity contribution in [3.63, 3.8) is 0 Å². The van der Waals surface area contributed by atoms with Crippen LogP contribution in [0.25, 0.3) is 16.8 Å². The summed E-state index contributed by atoms with van der Waals surface area (Å²) in [5.74, 6) is 0.886. The Balaban J connectivity index is 1.49. The molecule has 0 aliphatic rings. The summed E-state index contributed by atoms with van der Waals surface area (Å²) < 4.78 is 11.3. The van der Waals surface area contributed by atoms with E-state index < -0.39 is 0 Å². The van der Waals surface area contributed by atoms with Crippen molar-refractivity contribution in [2.24, 2.45) is 0 Å². The van der Waals surface area contributed by atoms with Crippen LogP contribution in [-0.4, -0.2) is 13.7 Å². The van der Waals surface area contributed by atoms with Gasteiger partial charge in [-0.15, -0.1) is 0 Å². The highest BCUT2D eigenvalue weighted by atomic mass is 16.5. The highest BCUT2D eigenvalue weighted by molar-refractivity contribution is 5.83. The van der Waals surface area contributed by atoms with Crippen LogP contribution in [0.1, 0.15) is 36.1 Å². The van der Waals surface area contributed by atoms with Gasteiger partial charge in [0, 0.05) is 0 Å². The highest BCUT2D eigenvalue weighted by Gasteiger charge is 2.06. The molecule has 0 aliphatic carbocycles. The second kappa shape index (κ2) is 9.91. The van der Waals surface area contributed by atoms with E-state index in [2.05, 4.69) is 80.3 Å². The van der Waals surface area contributed by atoms with E-state index in [9.17, 15) is 0 Å². The minimum atomic E-state index is 0.0695. The van der Waals surface area contributed by atoms with E-state index in [0.29, 0.717) is 6.61 Å². The molecule has 28 heavy (non-hydrogen) atoms. The second-order valence-electron chi connectivity index (χ2n) is 6.86. The molecule has 0 aliphatic heterocycles. The fourth-order valence-electron chi connectivity index (χ4n) is 3.31. The SMILES string of the molecule is C=Cc1ccc(OC)cc1CC/C=C/CO[C@@H](C)c1ccc2ccccc2c1. The zero-order valence-electron chi connectivity index (χ0n) is 16.7. The van der Waals surface area contributed by atoms with E-state index in [1.165, 1.54) is 21.9 Å². The first-order valence-corrected chi connectivity index (χ1v) is 9.76. The second-order valence-corrected chi connectivity index (χ2v) is 6.86. The van der Waals surface area contributed by atoms with Crippen LogP contribution in [0, 0.1) is 0 Å². The van der Waals surface area contributed by atoms with E-state index in [-0.39, 0.29) is 6.10 Å². The van der Waals surface area contributed by atoms with Gasteiger partial charge in [0.15, 0.2) is 0 Å². The maximum atomic E-state index is 5.99. The molecule has 2 nitrogen and oxygen atoms in total. The lowest BCUT2D eigenvalue weighted by atomic mass is 10.0. The van der Waals surface area contributed by atoms with Gasteiger partial charge in [-0.1, -0.05) is 67.3 Å². The van der Waals surface area contributed by atoms with Crippen LogP contribution in [-0.2, 0) is 11.2 Å². The molecule has 0 radical (unpaired) electrons. The number of methoxy groups -OCH3 is 1. The predicted molar refractivity (Wildman–Crippen MR) is 119 cm³/mol. The van der Waals surface area contributed by atoms with Crippen LogP contribution in [0.4, 0.5) is 0 Å². The highest BCUT2D eigenvalue weighted by Crippen LogP contribution is 2.23. The smallest absolute Gasteiger partial charge is 0.119 e. The Labute approximate surface area is 168 Å². The van der Waals surface area contributed by atoms with Crippen LogP contribution in [0.15, 0.2) is 79.4 Å². The van der Waals surface area contributed by atoms with Gasteiger partial charge in [-0.05, 0) is 65.4 Å². The lowest BCUT2D eigenvalue weighted by Gasteiger charge is -2.13. The summed E-state index contributed by atoms with van der Waals surface area (Å²) in [6.45, 7) is 6.61. The molecule has 0 amide bonds. The number of benzene rings is 3. The molecule has 3 aromatic carbocycles. The summed E-state index contributed by atoms with van der Waals surface area (Å²) in [6, 6.07) is 21.0. The molecule has 0 bridgehead atoms. The first-order chi connectivity index (χ1) is 13.7. The Hall–Kier alpha value is -2.84.